The molecule has 0 aliphatic heterocycles. The molecule has 0 saturated heterocycles. The summed E-state index contributed by atoms with van der Waals surface area (Å²) in [6.45, 7) is 0. The van der Waals surface area contributed by atoms with E-state index in [-0.39, 0.29) is 5.75 Å². The molecule has 1 aromatic heterocycles. The number of phenolic OH excluding ortho intramolecular Hbond substituents is 1. The Morgan fingerprint density at radius 2 is 1.86 bits per heavy atom. The molecule has 0 bridgehead atoms. The van der Waals surface area contributed by atoms with Crippen molar-refractivity contribution in [3.8, 4) is 17.0 Å². The quantitative estimate of drug-likeness (QED) is 0.752. The Hall–Kier alpha value is -2.24. The smallest absolute Gasteiger partial charge is 0.156 e. The first-order valence-electron chi connectivity index (χ1n) is 6.47. The fraction of sp³-hybridized carbons (Fsp3) is 0. The van der Waals surface area contributed by atoms with Crippen LogP contribution in [-0.4, -0.2) is 15.1 Å². The third kappa shape index (κ3) is 3.32. The minimum Gasteiger partial charge on any atom is -0.508 e. The molecule has 0 amide bonds. The summed E-state index contributed by atoms with van der Waals surface area (Å²) in [5, 5.41) is 10.6. The monoisotopic (exact) mass is 329 g/mol. The first kappa shape index (κ1) is 14.7. The van der Waals surface area contributed by atoms with Gasteiger partial charge in [-0.2, -0.15) is 0 Å². The fourth-order valence-corrected chi connectivity index (χ4v) is 2.98. The number of benzene rings is 2. The van der Waals surface area contributed by atoms with E-state index >= 15 is 0 Å². The number of hydrogen-bond donors (Lipinski definition) is 2. The van der Waals surface area contributed by atoms with E-state index in [1.54, 1.807) is 30.5 Å². The van der Waals surface area contributed by atoms with Crippen molar-refractivity contribution in [1.82, 2.24) is 9.97 Å². The summed E-state index contributed by atoms with van der Waals surface area (Å²) in [5.74, 6) is 0.577. The summed E-state index contributed by atoms with van der Waals surface area (Å²) in [4.78, 5) is 9.68. The SMILES string of the molecule is Nc1ncc(-c2ccc(O)cc2)nc1Sc1cccc(Cl)c1. The second-order valence-electron chi connectivity index (χ2n) is 4.55. The van der Waals surface area contributed by atoms with Gasteiger partial charge in [0.1, 0.15) is 10.8 Å². The average molecular weight is 330 g/mol. The lowest BCUT2D eigenvalue weighted by molar-refractivity contribution is 0.475. The summed E-state index contributed by atoms with van der Waals surface area (Å²) in [5.41, 5.74) is 7.46. The van der Waals surface area contributed by atoms with Crippen LogP contribution >= 0.6 is 23.4 Å². The van der Waals surface area contributed by atoms with Gasteiger partial charge in [0.25, 0.3) is 0 Å². The minimum atomic E-state index is 0.209. The maximum Gasteiger partial charge on any atom is 0.156 e. The van der Waals surface area contributed by atoms with Crippen LogP contribution in [0, 0.1) is 0 Å². The van der Waals surface area contributed by atoms with E-state index in [4.69, 9.17) is 17.3 Å². The molecule has 0 aliphatic carbocycles. The van der Waals surface area contributed by atoms with Crippen molar-refractivity contribution < 1.29 is 5.11 Å². The molecular formula is C16H12ClN3OS. The number of hydrogen-bond acceptors (Lipinski definition) is 5. The van der Waals surface area contributed by atoms with E-state index in [1.807, 2.05) is 24.3 Å². The molecule has 4 nitrogen and oxygen atoms in total. The van der Waals surface area contributed by atoms with Gasteiger partial charge in [0.05, 0.1) is 11.9 Å². The summed E-state index contributed by atoms with van der Waals surface area (Å²) in [6, 6.07) is 14.2. The van der Waals surface area contributed by atoms with E-state index in [0.29, 0.717) is 21.6 Å². The Bertz CT molecular complexity index is 809. The third-order valence-electron chi connectivity index (χ3n) is 2.94. The van der Waals surface area contributed by atoms with Gasteiger partial charge in [0.2, 0.25) is 0 Å². The third-order valence-corrected chi connectivity index (χ3v) is 4.16. The van der Waals surface area contributed by atoms with Gasteiger partial charge in [-0.3, -0.25) is 0 Å². The van der Waals surface area contributed by atoms with Crippen LogP contribution in [0.3, 0.4) is 0 Å². The molecule has 6 heteroatoms. The van der Waals surface area contributed by atoms with Crippen LogP contribution in [0.15, 0.2) is 64.6 Å². The number of halogens is 1. The van der Waals surface area contributed by atoms with E-state index in [9.17, 15) is 5.11 Å². The lowest BCUT2D eigenvalue weighted by Gasteiger charge is -2.07. The maximum atomic E-state index is 9.35. The van der Waals surface area contributed by atoms with Crippen molar-refractivity contribution in [2.24, 2.45) is 0 Å². The number of aromatic hydroxyl groups is 1. The number of phenols is 1. The molecule has 0 spiro atoms. The largest absolute Gasteiger partial charge is 0.508 e. The van der Waals surface area contributed by atoms with Crippen LogP contribution in [0.2, 0.25) is 5.02 Å². The molecule has 22 heavy (non-hydrogen) atoms. The van der Waals surface area contributed by atoms with Gasteiger partial charge in [0.15, 0.2) is 5.82 Å². The van der Waals surface area contributed by atoms with Crippen LogP contribution in [0.5, 0.6) is 5.75 Å². The van der Waals surface area contributed by atoms with E-state index in [2.05, 4.69) is 9.97 Å². The van der Waals surface area contributed by atoms with Gasteiger partial charge in [-0.1, -0.05) is 29.4 Å². The van der Waals surface area contributed by atoms with Crippen molar-refractivity contribution in [2.45, 2.75) is 9.92 Å². The van der Waals surface area contributed by atoms with Gasteiger partial charge < -0.3 is 10.8 Å². The highest BCUT2D eigenvalue weighted by Crippen LogP contribution is 2.32. The van der Waals surface area contributed by atoms with Crippen LogP contribution in [-0.2, 0) is 0 Å². The van der Waals surface area contributed by atoms with Crippen molar-refractivity contribution in [3.63, 3.8) is 0 Å². The minimum absolute atomic E-state index is 0.209. The van der Waals surface area contributed by atoms with E-state index in [1.165, 1.54) is 11.8 Å². The average Bonchev–Trinajstić information content (AvgIpc) is 2.50. The van der Waals surface area contributed by atoms with Crippen molar-refractivity contribution >= 4 is 29.2 Å². The van der Waals surface area contributed by atoms with Crippen LogP contribution in [0.1, 0.15) is 0 Å². The Kier molecular flexibility index (Phi) is 4.18. The van der Waals surface area contributed by atoms with E-state index < -0.39 is 0 Å². The molecular weight excluding hydrogens is 318 g/mol. The summed E-state index contributed by atoms with van der Waals surface area (Å²) < 4.78 is 0. The number of nitrogens with two attached hydrogens (primary N) is 1. The van der Waals surface area contributed by atoms with Crippen molar-refractivity contribution in [2.75, 3.05) is 5.73 Å². The van der Waals surface area contributed by atoms with Crippen molar-refractivity contribution in [3.05, 3.63) is 59.8 Å². The molecule has 3 N–H and O–H groups in total. The number of rotatable bonds is 3. The highest BCUT2D eigenvalue weighted by Gasteiger charge is 2.09. The Balaban J connectivity index is 1.94. The second kappa shape index (κ2) is 6.25. The van der Waals surface area contributed by atoms with Crippen LogP contribution < -0.4 is 5.73 Å². The molecule has 0 saturated carbocycles. The standard InChI is InChI=1S/C16H12ClN3OS/c17-11-2-1-3-13(8-11)22-16-15(18)19-9-14(20-16)10-4-6-12(21)7-5-10/h1-9,21H,(H2,18,19). The number of aromatic nitrogens is 2. The molecule has 3 rings (SSSR count). The van der Waals surface area contributed by atoms with Gasteiger partial charge in [-0.25, -0.2) is 9.97 Å². The molecule has 1 heterocycles. The topological polar surface area (TPSA) is 72.0 Å². The zero-order valence-electron chi connectivity index (χ0n) is 11.4. The molecule has 0 fully saturated rings. The lowest BCUT2D eigenvalue weighted by Crippen LogP contribution is -1.97. The Morgan fingerprint density at radius 1 is 1.09 bits per heavy atom. The zero-order chi connectivity index (χ0) is 15.5. The van der Waals surface area contributed by atoms with Gasteiger partial charge in [0, 0.05) is 15.5 Å². The second-order valence-corrected chi connectivity index (χ2v) is 6.05. The summed E-state index contributed by atoms with van der Waals surface area (Å²) in [6.07, 6.45) is 1.61. The lowest BCUT2D eigenvalue weighted by atomic mass is 10.1. The fourth-order valence-electron chi connectivity index (χ4n) is 1.87. The van der Waals surface area contributed by atoms with Gasteiger partial charge >= 0.3 is 0 Å². The zero-order valence-corrected chi connectivity index (χ0v) is 13.0. The Morgan fingerprint density at radius 3 is 2.59 bits per heavy atom. The highest BCUT2D eigenvalue weighted by atomic mass is 35.5. The van der Waals surface area contributed by atoms with E-state index in [0.717, 1.165) is 10.5 Å². The number of nitrogens with zero attached hydrogens (tertiary/aromatic N) is 2. The van der Waals surface area contributed by atoms with Crippen molar-refractivity contribution in [1.29, 1.82) is 0 Å². The molecule has 0 atom stereocenters. The predicted octanol–water partition coefficient (Wildman–Crippen LogP) is 4.24. The Labute approximate surface area is 137 Å². The first-order valence-corrected chi connectivity index (χ1v) is 7.66. The molecule has 2 aromatic carbocycles. The van der Waals surface area contributed by atoms with Crippen LogP contribution in [0.4, 0.5) is 5.82 Å². The summed E-state index contributed by atoms with van der Waals surface area (Å²) >= 11 is 7.40. The molecule has 0 unspecified atom stereocenters. The molecule has 110 valence electrons. The molecule has 0 radical (unpaired) electrons. The predicted molar refractivity (Wildman–Crippen MR) is 89.1 cm³/mol. The first-order chi connectivity index (χ1) is 10.6. The summed E-state index contributed by atoms with van der Waals surface area (Å²) in [7, 11) is 0. The van der Waals surface area contributed by atoms with Gasteiger partial charge in [-0.15, -0.1) is 0 Å². The maximum absolute atomic E-state index is 9.35. The number of anilines is 1. The van der Waals surface area contributed by atoms with Gasteiger partial charge in [-0.05, 0) is 42.5 Å². The molecule has 0 aliphatic rings. The van der Waals surface area contributed by atoms with Crippen LogP contribution in [0.25, 0.3) is 11.3 Å². The number of nitrogen functional groups attached to an aromatic ring is 1. The highest BCUT2D eigenvalue weighted by molar-refractivity contribution is 7.99. The normalized spacial score (nSPS) is 10.6. The molecule has 3 aromatic rings.